The van der Waals surface area contributed by atoms with Gasteiger partial charge in [-0.1, -0.05) is 24.6 Å². The minimum atomic E-state index is -2.94. The average Bonchev–Trinajstić information content (AvgIpc) is 3.28. The number of sulfone groups is 1. The summed E-state index contributed by atoms with van der Waals surface area (Å²) in [6, 6.07) is 9.06. The molecule has 4 heterocycles. The maximum Gasteiger partial charge on any atom is 0.255 e. The van der Waals surface area contributed by atoms with Crippen molar-refractivity contribution in [3.63, 3.8) is 0 Å². The molecule has 0 saturated carbocycles. The van der Waals surface area contributed by atoms with Gasteiger partial charge in [-0.25, -0.2) is 23.4 Å². The number of aryl methyl sites for hydroxylation is 1. The first-order chi connectivity index (χ1) is 17.8. The number of nitrogens with two attached hydrogens (primary N) is 1. The Labute approximate surface area is 221 Å². The first-order valence-corrected chi connectivity index (χ1v) is 14.5. The fraction of sp³-hybridized carbons (Fsp3) is 0.385. The molecule has 9 nitrogen and oxygen atoms in total. The third-order valence-corrected chi connectivity index (χ3v) is 9.20. The molecule has 1 atom stereocenters. The van der Waals surface area contributed by atoms with E-state index in [0.717, 1.165) is 22.4 Å². The number of nitrogens with zero attached hydrogens (tertiary/aromatic N) is 5. The lowest BCUT2D eigenvalue weighted by atomic mass is 9.97. The molecule has 0 radical (unpaired) electrons. The van der Waals surface area contributed by atoms with Crippen LogP contribution in [0.1, 0.15) is 29.4 Å². The SMILES string of the molecule is CCc1ncnc(-c2ccc(C(=O)N3CCN(C4CCS(=O)(=O)C4)CC3)c(Cl)c2)c1-c1ccc(N)nc1. The number of hydrogen-bond acceptors (Lipinski definition) is 8. The number of amides is 1. The van der Waals surface area contributed by atoms with Crippen molar-refractivity contribution in [2.24, 2.45) is 0 Å². The lowest BCUT2D eigenvalue weighted by molar-refractivity contribution is 0.0588. The summed E-state index contributed by atoms with van der Waals surface area (Å²) in [6.07, 6.45) is 4.61. The van der Waals surface area contributed by atoms with Crippen molar-refractivity contribution < 1.29 is 13.2 Å². The zero-order valence-electron chi connectivity index (χ0n) is 20.6. The number of rotatable bonds is 5. The van der Waals surface area contributed by atoms with E-state index in [1.165, 1.54) is 6.33 Å². The molecule has 5 rings (SSSR count). The first-order valence-electron chi connectivity index (χ1n) is 12.3. The fourth-order valence-electron chi connectivity index (χ4n) is 5.13. The van der Waals surface area contributed by atoms with Crippen molar-refractivity contribution >= 4 is 33.2 Å². The van der Waals surface area contributed by atoms with E-state index in [9.17, 15) is 13.2 Å². The molecule has 2 aliphatic rings. The number of nitrogen functional groups attached to an aromatic ring is 1. The van der Waals surface area contributed by atoms with Crippen LogP contribution in [0.15, 0.2) is 42.9 Å². The number of hydrogen-bond donors (Lipinski definition) is 1. The molecule has 2 aliphatic heterocycles. The van der Waals surface area contributed by atoms with Gasteiger partial charge in [0.15, 0.2) is 9.84 Å². The Morgan fingerprint density at radius 3 is 2.46 bits per heavy atom. The predicted molar refractivity (Wildman–Crippen MR) is 144 cm³/mol. The minimum absolute atomic E-state index is 0.0523. The molecule has 1 amide bonds. The van der Waals surface area contributed by atoms with Crippen molar-refractivity contribution in [2.45, 2.75) is 25.8 Å². The minimum Gasteiger partial charge on any atom is -0.384 e. The quantitative estimate of drug-likeness (QED) is 0.524. The highest BCUT2D eigenvalue weighted by atomic mass is 35.5. The monoisotopic (exact) mass is 540 g/mol. The van der Waals surface area contributed by atoms with Gasteiger partial charge >= 0.3 is 0 Å². The molecule has 1 unspecified atom stereocenters. The Kier molecular flexibility index (Phi) is 7.15. The first kappa shape index (κ1) is 25.6. The number of halogens is 1. The largest absolute Gasteiger partial charge is 0.384 e. The lowest BCUT2D eigenvalue weighted by Gasteiger charge is -2.37. The molecule has 3 aromatic rings. The van der Waals surface area contributed by atoms with Gasteiger partial charge in [-0.3, -0.25) is 9.69 Å². The van der Waals surface area contributed by atoms with E-state index in [4.69, 9.17) is 17.3 Å². The van der Waals surface area contributed by atoms with Crippen LogP contribution in [-0.2, 0) is 16.3 Å². The van der Waals surface area contributed by atoms with Crippen LogP contribution >= 0.6 is 11.6 Å². The van der Waals surface area contributed by atoms with E-state index < -0.39 is 9.84 Å². The molecule has 0 aliphatic carbocycles. The van der Waals surface area contributed by atoms with Crippen molar-refractivity contribution in [2.75, 3.05) is 43.4 Å². The molecule has 2 saturated heterocycles. The number of carbonyl (C=O) groups is 1. The van der Waals surface area contributed by atoms with Crippen LogP contribution in [-0.4, -0.2) is 82.8 Å². The summed E-state index contributed by atoms with van der Waals surface area (Å²) < 4.78 is 23.7. The normalized spacial score (nSPS) is 19.7. The van der Waals surface area contributed by atoms with E-state index in [1.807, 2.05) is 19.1 Å². The smallest absolute Gasteiger partial charge is 0.255 e. The Hall–Kier alpha value is -3.08. The third kappa shape index (κ3) is 5.32. The molecule has 1 aromatic carbocycles. The maximum absolute atomic E-state index is 13.3. The highest BCUT2D eigenvalue weighted by Crippen LogP contribution is 2.35. The van der Waals surface area contributed by atoms with Gasteiger partial charge in [0.2, 0.25) is 0 Å². The summed E-state index contributed by atoms with van der Waals surface area (Å²) in [5.74, 6) is 0.766. The van der Waals surface area contributed by atoms with E-state index in [0.29, 0.717) is 61.1 Å². The average molecular weight is 541 g/mol. The molecule has 2 fully saturated rings. The molecular formula is C26H29ClN6O3S. The van der Waals surface area contributed by atoms with Crippen LogP contribution in [0.5, 0.6) is 0 Å². The lowest BCUT2D eigenvalue weighted by Crippen LogP contribution is -2.52. The number of aromatic nitrogens is 3. The number of benzene rings is 1. The summed E-state index contributed by atoms with van der Waals surface area (Å²) in [5, 5.41) is 0.352. The van der Waals surface area contributed by atoms with Crippen molar-refractivity contribution in [1.29, 1.82) is 0 Å². The maximum atomic E-state index is 13.3. The van der Waals surface area contributed by atoms with Crippen LogP contribution in [0, 0.1) is 0 Å². The van der Waals surface area contributed by atoms with Gasteiger partial charge in [0.25, 0.3) is 5.91 Å². The van der Waals surface area contributed by atoms with E-state index in [-0.39, 0.29) is 23.5 Å². The standard InChI is InChI=1S/C26H29ClN6O3S/c1-2-22-24(18-4-6-23(28)29-14-18)25(31-16-30-22)17-3-5-20(21(27)13-17)26(34)33-10-8-32(9-11-33)19-7-12-37(35,36)15-19/h3-6,13-14,16,19H,2,7-12,15H2,1H3,(H2,28,29). The summed E-state index contributed by atoms with van der Waals surface area (Å²) in [4.78, 5) is 30.5. The predicted octanol–water partition coefficient (Wildman–Crippen LogP) is 2.95. The van der Waals surface area contributed by atoms with Crippen LogP contribution in [0.2, 0.25) is 5.02 Å². The summed E-state index contributed by atoms with van der Waals surface area (Å²) in [6.45, 7) is 4.41. The van der Waals surface area contributed by atoms with Gasteiger partial charge in [0, 0.05) is 55.1 Å². The van der Waals surface area contributed by atoms with Gasteiger partial charge in [-0.05, 0) is 37.1 Å². The van der Waals surface area contributed by atoms with Crippen LogP contribution in [0.3, 0.4) is 0 Å². The van der Waals surface area contributed by atoms with Crippen molar-refractivity contribution in [3.05, 3.63) is 59.1 Å². The molecule has 11 heteroatoms. The number of anilines is 1. The van der Waals surface area contributed by atoms with Gasteiger partial charge in [-0.15, -0.1) is 0 Å². The summed E-state index contributed by atoms with van der Waals surface area (Å²) >= 11 is 6.65. The molecular weight excluding hydrogens is 512 g/mol. The van der Waals surface area contributed by atoms with Crippen molar-refractivity contribution in [3.8, 4) is 22.4 Å². The molecule has 37 heavy (non-hydrogen) atoms. The van der Waals surface area contributed by atoms with E-state index in [2.05, 4.69) is 19.9 Å². The molecule has 0 bridgehead atoms. The molecule has 2 N–H and O–H groups in total. The second-order valence-corrected chi connectivity index (χ2v) is 12.1. The summed E-state index contributed by atoms with van der Waals surface area (Å²) in [5.41, 5.74) is 10.3. The fourth-order valence-corrected chi connectivity index (χ4v) is 7.15. The summed E-state index contributed by atoms with van der Waals surface area (Å²) in [7, 11) is -2.94. The van der Waals surface area contributed by atoms with Crippen LogP contribution in [0.4, 0.5) is 5.82 Å². The molecule has 0 spiro atoms. The second kappa shape index (κ2) is 10.4. The highest BCUT2D eigenvalue weighted by molar-refractivity contribution is 7.91. The number of carbonyl (C=O) groups excluding carboxylic acids is 1. The third-order valence-electron chi connectivity index (χ3n) is 7.13. The highest BCUT2D eigenvalue weighted by Gasteiger charge is 2.34. The van der Waals surface area contributed by atoms with Gasteiger partial charge < -0.3 is 10.6 Å². The topological polar surface area (TPSA) is 122 Å². The number of piperazine rings is 1. The van der Waals surface area contributed by atoms with Crippen molar-refractivity contribution in [1.82, 2.24) is 24.8 Å². The molecule has 194 valence electrons. The second-order valence-electron chi connectivity index (χ2n) is 9.45. The Morgan fingerprint density at radius 1 is 1.08 bits per heavy atom. The van der Waals surface area contributed by atoms with E-state index in [1.54, 1.807) is 29.3 Å². The van der Waals surface area contributed by atoms with Crippen LogP contribution in [0.25, 0.3) is 22.4 Å². The molecule has 2 aromatic heterocycles. The number of pyridine rings is 1. The zero-order chi connectivity index (χ0) is 26.2. The Bertz CT molecular complexity index is 1420. The van der Waals surface area contributed by atoms with Crippen LogP contribution < -0.4 is 5.73 Å². The van der Waals surface area contributed by atoms with E-state index >= 15 is 0 Å². The zero-order valence-corrected chi connectivity index (χ0v) is 22.2. The van der Waals surface area contributed by atoms with Gasteiger partial charge in [0.05, 0.1) is 33.5 Å². The van der Waals surface area contributed by atoms with Gasteiger partial charge in [-0.2, -0.15) is 0 Å². The Morgan fingerprint density at radius 2 is 1.84 bits per heavy atom. The van der Waals surface area contributed by atoms with Gasteiger partial charge in [0.1, 0.15) is 12.1 Å². The Balaban J connectivity index is 1.36.